The molecular formula is C63H103NO6. The molecule has 0 amide bonds. The fourth-order valence-corrected chi connectivity index (χ4v) is 18.9. The van der Waals surface area contributed by atoms with Gasteiger partial charge in [0.05, 0.1) is 0 Å². The van der Waals surface area contributed by atoms with Gasteiger partial charge in [0.25, 0.3) is 6.10 Å². The molecule has 0 bridgehead atoms. The van der Waals surface area contributed by atoms with Crippen molar-refractivity contribution in [2.24, 2.45) is 92.7 Å². The van der Waals surface area contributed by atoms with Crippen LogP contribution in [-0.2, 0) is 28.6 Å². The van der Waals surface area contributed by atoms with Gasteiger partial charge in [-0.25, -0.2) is 9.59 Å². The van der Waals surface area contributed by atoms with Crippen LogP contribution < -0.4 is 0 Å². The lowest BCUT2D eigenvalue weighted by Gasteiger charge is -2.58. The average Bonchev–Trinajstić information content (AvgIpc) is 3.85. The molecule has 0 saturated heterocycles. The minimum atomic E-state index is -1.71. The highest BCUT2D eigenvalue weighted by molar-refractivity contribution is 6.00. The molecule has 0 spiro atoms. The van der Waals surface area contributed by atoms with Gasteiger partial charge in [0.15, 0.2) is 0 Å². The van der Waals surface area contributed by atoms with Crippen LogP contribution in [0.4, 0.5) is 0 Å². The van der Waals surface area contributed by atoms with Gasteiger partial charge in [-0.1, -0.05) is 131 Å². The van der Waals surface area contributed by atoms with Gasteiger partial charge in [0.1, 0.15) is 12.2 Å². The Hall–Kier alpha value is -2.15. The van der Waals surface area contributed by atoms with E-state index in [1.807, 2.05) is 19.0 Å². The molecule has 0 aliphatic heterocycles. The Morgan fingerprint density at radius 2 is 1.01 bits per heavy atom. The van der Waals surface area contributed by atoms with Crippen LogP contribution in [0, 0.1) is 92.7 Å². The van der Waals surface area contributed by atoms with Crippen LogP contribution in [0.5, 0.6) is 0 Å². The molecule has 396 valence electrons. The lowest BCUT2D eigenvalue weighted by Crippen LogP contribution is -2.51. The summed E-state index contributed by atoms with van der Waals surface area (Å²) in [7, 11) is 3.94. The zero-order chi connectivity index (χ0) is 50.3. The predicted octanol–water partition coefficient (Wildman–Crippen LogP) is 15.1. The second-order valence-corrected chi connectivity index (χ2v) is 28.0. The third-order valence-corrected chi connectivity index (χ3v) is 22.7. The Balaban J connectivity index is 0.895. The molecule has 6 saturated carbocycles. The molecule has 0 radical (unpaired) electrons. The number of hydrogen-bond donors (Lipinski definition) is 0. The predicted molar refractivity (Wildman–Crippen MR) is 284 cm³/mol. The van der Waals surface area contributed by atoms with Gasteiger partial charge in [-0.3, -0.25) is 4.79 Å². The second kappa shape index (κ2) is 22.0. The van der Waals surface area contributed by atoms with Gasteiger partial charge >= 0.3 is 17.9 Å². The number of carbonyl (C=O) groups is 3. The van der Waals surface area contributed by atoms with E-state index in [1.165, 1.54) is 101 Å². The molecule has 16 atom stereocenters. The third kappa shape index (κ3) is 10.8. The van der Waals surface area contributed by atoms with E-state index in [4.69, 9.17) is 14.2 Å². The molecule has 0 N–H and O–H groups in total. The summed E-state index contributed by atoms with van der Waals surface area (Å²) < 4.78 is 18.4. The normalized spacial score (nSPS) is 40.1. The van der Waals surface area contributed by atoms with E-state index in [2.05, 4.69) is 81.4 Å². The zero-order valence-corrected chi connectivity index (χ0v) is 46.9. The van der Waals surface area contributed by atoms with E-state index in [9.17, 15) is 14.4 Å². The quantitative estimate of drug-likeness (QED) is 0.0552. The Kier molecular flexibility index (Phi) is 17.0. The number of fused-ring (bicyclic) bond motifs is 10. The molecule has 7 nitrogen and oxygen atoms in total. The summed E-state index contributed by atoms with van der Waals surface area (Å²) >= 11 is 0. The highest BCUT2D eigenvalue weighted by atomic mass is 16.6. The number of carbonyl (C=O) groups excluding carboxylic acids is 3. The van der Waals surface area contributed by atoms with E-state index in [-0.39, 0.29) is 29.5 Å². The number of nitrogens with zero attached hydrogens (tertiary/aromatic N) is 1. The molecule has 0 heterocycles. The van der Waals surface area contributed by atoms with Crippen molar-refractivity contribution >= 4 is 17.9 Å². The van der Waals surface area contributed by atoms with Gasteiger partial charge in [-0.05, 0) is 210 Å². The standard InChI is InChI=1S/C63H103NO6/c1-40(2)16-13-18-42(5)50-25-27-52-48-23-21-44-38-46(29-33-60(44,7)54(48)31-35-62(50,52)9)68-58(66)57(70-56(65)20-15-37-64(11)12)59(67)69-47-30-34-61(8)45(39-47)22-24-49-53-28-26-51(43(6)19-14-17-41(3)4)63(53,10)36-32-55(49)61/h21-22,40-43,46-55,57H,13-20,23-39H2,1-12H3/t42-,43-,46+,47+,48+,49+,50-,51-,52+,53+,54+,55+,60+,61+,62-,63-/m1/s1. The first-order valence-electron chi connectivity index (χ1n) is 29.8. The van der Waals surface area contributed by atoms with Crippen LogP contribution in [0.1, 0.15) is 223 Å². The SMILES string of the molecule is CC(C)CCC[C@@H](C)[C@H]1CC[C@H]2[C@@H]3CC=C4C[C@@H](OC(=O)C(OC(=O)CCCN(C)C)C(=O)O[C@H]5CC[C@@]6(C)C(=CC[C@H]7[C@@H]8CC[C@H]([C@H](C)CCCC(C)C)[C@@]8(C)CC[C@@H]76)C5)CC[C@]4(C)[C@H]3CC[C@]12C. The molecule has 7 heteroatoms. The summed E-state index contributed by atoms with van der Waals surface area (Å²) in [5, 5.41) is 0. The van der Waals surface area contributed by atoms with Crippen LogP contribution in [0.2, 0.25) is 0 Å². The molecule has 8 aliphatic carbocycles. The molecule has 0 aromatic rings. The maximum absolute atomic E-state index is 14.3. The molecule has 70 heavy (non-hydrogen) atoms. The number of allylic oxidation sites excluding steroid dienone is 2. The molecule has 0 aromatic carbocycles. The van der Waals surface area contributed by atoms with Crippen molar-refractivity contribution in [3.05, 3.63) is 23.3 Å². The summed E-state index contributed by atoms with van der Waals surface area (Å²) in [6, 6.07) is 0. The lowest BCUT2D eigenvalue weighted by molar-refractivity contribution is -0.187. The molecule has 0 aromatic heterocycles. The topological polar surface area (TPSA) is 82.1 Å². The van der Waals surface area contributed by atoms with E-state index in [1.54, 1.807) is 0 Å². The summed E-state index contributed by atoms with van der Waals surface area (Å²) in [6.07, 6.45) is 29.4. The third-order valence-electron chi connectivity index (χ3n) is 22.7. The van der Waals surface area contributed by atoms with Gasteiger partial charge in [-0.2, -0.15) is 0 Å². The van der Waals surface area contributed by atoms with Gasteiger partial charge in [-0.15, -0.1) is 0 Å². The molecular weight excluding hydrogens is 867 g/mol. The van der Waals surface area contributed by atoms with Crippen LogP contribution in [-0.4, -0.2) is 61.8 Å². The molecule has 0 unspecified atom stereocenters. The lowest BCUT2D eigenvalue weighted by atomic mass is 9.47. The minimum Gasteiger partial charge on any atom is -0.459 e. The molecule has 8 aliphatic rings. The first-order chi connectivity index (χ1) is 33.2. The van der Waals surface area contributed by atoms with Gasteiger partial charge in [0.2, 0.25) is 0 Å². The average molecular weight is 971 g/mol. The maximum atomic E-state index is 14.3. The largest absolute Gasteiger partial charge is 0.459 e. The zero-order valence-electron chi connectivity index (χ0n) is 46.9. The number of hydrogen-bond acceptors (Lipinski definition) is 7. The molecule has 6 fully saturated rings. The summed E-state index contributed by atoms with van der Waals surface area (Å²) in [4.78, 5) is 43.9. The maximum Gasteiger partial charge on any atom is 0.359 e. The first kappa shape index (κ1) is 54.1. The first-order valence-corrected chi connectivity index (χ1v) is 29.8. The number of ether oxygens (including phenoxy) is 3. The van der Waals surface area contributed by atoms with E-state index >= 15 is 0 Å². The van der Waals surface area contributed by atoms with Crippen LogP contribution in [0.15, 0.2) is 23.3 Å². The van der Waals surface area contributed by atoms with Crippen molar-refractivity contribution in [3.63, 3.8) is 0 Å². The van der Waals surface area contributed by atoms with Crippen LogP contribution in [0.3, 0.4) is 0 Å². The molecule has 8 rings (SSSR count). The summed E-state index contributed by atoms with van der Waals surface area (Å²) in [5.74, 6) is 7.12. The fourth-order valence-electron chi connectivity index (χ4n) is 18.9. The van der Waals surface area contributed by atoms with Gasteiger partial charge in [0, 0.05) is 19.3 Å². The highest BCUT2D eigenvalue weighted by Gasteiger charge is 2.61. The van der Waals surface area contributed by atoms with E-state index in [0.29, 0.717) is 48.5 Å². The monoisotopic (exact) mass is 970 g/mol. The Morgan fingerprint density at radius 1 is 0.571 bits per heavy atom. The number of esters is 3. The van der Waals surface area contributed by atoms with Crippen molar-refractivity contribution < 1.29 is 28.6 Å². The summed E-state index contributed by atoms with van der Waals surface area (Å²) in [6.45, 7) is 25.6. The van der Waals surface area contributed by atoms with E-state index in [0.717, 1.165) is 97.7 Å². The van der Waals surface area contributed by atoms with Crippen molar-refractivity contribution in [1.29, 1.82) is 0 Å². The van der Waals surface area contributed by atoms with Crippen molar-refractivity contribution in [2.45, 2.75) is 242 Å². The Morgan fingerprint density at radius 3 is 1.43 bits per heavy atom. The second-order valence-electron chi connectivity index (χ2n) is 28.0. The Labute approximate surface area is 428 Å². The highest BCUT2D eigenvalue weighted by Crippen LogP contribution is 2.69. The van der Waals surface area contributed by atoms with E-state index < -0.39 is 24.0 Å². The Bertz CT molecular complexity index is 1780. The number of rotatable bonds is 19. The van der Waals surface area contributed by atoms with Crippen LogP contribution in [0.25, 0.3) is 0 Å². The fraction of sp³-hybridized carbons (Fsp3) is 0.889. The van der Waals surface area contributed by atoms with Crippen molar-refractivity contribution in [2.75, 3.05) is 20.6 Å². The van der Waals surface area contributed by atoms with Gasteiger partial charge < -0.3 is 19.1 Å². The smallest absolute Gasteiger partial charge is 0.359 e. The van der Waals surface area contributed by atoms with Crippen LogP contribution >= 0.6 is 0 Å². The minimum absolute atomic E-state index is 0.108. The summed E-state index contributed by atoms with van der Waals surface area (Å²) in [5.41, 5.74) is 3.97. The van der Waals surface area contributed by atoms with Crippen molar-refractivity contribution in [3.8, 4) is 0 Å². The van der Waals surface area contributed by atoms with Crippen molar-refractivity contribution in [1.82, 2.24) is 4.90 Å².